The molecule has 2 aromatic carbocycles. The second-order valence-electron chi connectivity index (χ2n) is 9.03. The van der Waals surface area contributed by atoms with Crippen LogP contribution in [0.2, 0.25) is 6.55 Å². The summed E-state index contributed by atoms with van der Waals surface area (Å²) in [7, 11) is -0.195. The van der Waals surface area contributed by atoms with Crippen molar-refractivity contribution in [3.8, 4) is 11.5 Å². The Kier molecular flexibility index (Phi) is 9.20. The molecule has 2 aromatic rings. The van der Waals surface area contributed by atoms with Crippen molar-refractivity contribution in [3.05, 3.63) is 59.7 Å². The molecule has 0 saturated heterocycles. The Morgan fingerprint density at radius 3 is 2.23 bits per heavy atom. The van der Waals surface area contributed by atoms with Gasteiger partial charge >= 0.3 is 5.97 Å². The van der Waals surface area contributed by atoms with Crippen molar-refractivity contribution in [1.82, 2.24) is 0 Å². The molecule has 1 fully saturated rings. The summed E-state index contributed by atoms with van der Waals surface area (Å²) in [4.78, 5) is 12.5. The van der Waals surface area contributed by atoms with E-state index >= 15 is 0 Å². The highest BCUT2D eigenvalue weighted by Gasteiger charge is 2.22. The van der Waals surface area contributed by atoms with E-state index in [2.05, 4.69) is 32.5 Å². The standard InChI is InChI=1S/C27H38O3Si/c1-4-5-6-7-21-8-10-22(11-9-21)23-12-14-24(15-13-23)27(28)30-26-18-16-25(17-19-26)29-20(2)31-3/h12-22H,4-11,31H2,1-3H3/t20?,21-,22-. The molecule has 1 aliphatic rings. The molecular formula is C27H38O3Si. The summed E-state index contributed by atoms with van der Waals surface area (Å²) in [6.45, 7) is 6.60. The topological polar surface area (TPSA) is 35.5 Å². The van der Waals surface area contributed by atoms with Crippen molar-refractivity contribution < 1.29 is 14.3 Å². The van der Waals surface area contributed by atoms with Gasteiger partial charge in [0.15, 0.2) is 0 Å². The van der Waals surface area contributed by atoms with E-state index in [1.807, 2.05) is 24.3 Å². The van der Waals surface area contributed by atoms with E-state index in [0.717, 1.165) is 11.7 Å². The summed E-state index contributed by atoms with van der Waals surface area (Å²) in [6.07, 6.45) is 10.7. The van der Waals surface area contributed by atoms with Gasteiger partial charge in [-0.3, -0.25) is 0 Å². The lowest BCUT2D eigenvalue weighted by atomic mass is 9.77. The first kappa shape index (κ1) is 23.6. The second kappa shape index (κ2) is 12.1. The third-order valence-electron chi connectivity index (χ3n) is 6.63. The van der Waals surface area contributed by atoms with Crippen LogP contribution in [0.5, 0.6) is 11.5 Å². The van der Waals surface area contributed by atoms with E-state index in [9.17, 15) is 4.79 Å². The van der Waals surface area contributed by atoms with Crippen LogP contribution in [0.4, 0.5) is 0 Å². The van der Waals surface area contributed by atoms with Crippen LogP contribution in [-0.4, -0.2) is 21.2 Å². The zero-order valence-electron chi connectivity index (χ0n) is 19.4. The minimum absolute atomic E-state index is 0.195. The predicted molar refractivity (Wildman–Crippen MR) is 131 cm³/mol. The molecule has 1 aliphatic carbocycles. The van der Waals surface area contributed by atoms with Gasteiger partial charge < -0.3 is 9.47 Å². The van der Waals surface area contributed by atoms with Gasteiger partial charge in [0.05, 0.1) is 20.8 Å². The normalized spacial score (nSPS) is 20.0. The van der Waals surface area contributed by atoms with Crippen LogP contribution in [-0.2, 0) is 0 Å². The lowest BCUT2D eigenvalue weighted by molar-refractivity contribution is 0.0734. The molecule has 1 saturated carbocycles. The minimum Gasteiger partial charge on any atom is -0.495 e. The van der Waals surface area contributed by atoms with Crippen molar-refractivity contribution in [2.24, 2.45) is 5.92 Å². The second-order valence-corrected chi connectivity index (χ2v) is 11.0. The first-order valence-electron chi connectivity index (χ1n) is 12.2. The van der Waals surface area contributed by atoms with Crippen molar-refractivity contribution in [2.45, 2.75) is 83.4 Å². The lowest BCUT2D eigenvalue weighted by Gasteiger charge is -2.29. The van der Waals surface area contributed by atoms with E-state index in [4.69, 9.17) is 9.47 Å². The maximum atomic E-state index is 12.5. The highest BCUT2D eigenvalue weighted by Crippen LogP contribution is 2.37. The molecular weight excluding hydrogens is 400 g/mol. The number of hydrogen-bond donors (Lipinski definition) is 0. The first-order valence-corrected chi connectivity index (χ1v) is 14.4. The van der Waals surface area contributed by atoms with Gasteiger partial charge in [0.2, 0.25) is 0 Å². The molecule has 168 valence electrons. The van der Waals surface area contributed by atoms with E-state index in [1.54, 1.807) is 12.1 Å². The summed E-state index contributed by atoms with van der Waals surface area (Å²) < 4.78 is 11.4. The molecule has 0 heterocycles. The molecule has 3 nitrogen and oxygen atoms in total. The summed E-state index contributed by atoms with van der Waals surface area (Å²) in [6, 6.07) is 15.4. The Labute approximate surface area is 190 Å². The molecule has 0 aliphatic heterocycles. The van der Waals surface area contributed by atoms with E-state index in [1.165, 1.54) is 56.9 Å². The van der Waals surface area contributed by atoms with E-state index in [0.29, 0.717) is 23.0 Å². The van der Waals surface area contributed by atoms with Crippen LogP contribution < -0.4 is 9.47 Å². The zero-order valence-corrected chi connectivity index (χ0v) is 20.9. The zero-order chi connectivity index (χ0) is 22.1. The molecule has 0 aromatic heterocycles. The van der Waals surface area contributed by atoms with E-state index < -0.39 is 0 Å². The summed E-state index contributed by atoms with van der Waals surface area (Å²) in [5.74, 6) is 2.61. The smallest absolute Gasteiger partial charge is 0.343 e. The van der Waals surface area contributed by atoms with Crippen molar-refractivity contribution >= 4 is 15.5 Å². The molecule has 1 unspecified atom stereocenters. The number of benzene rings is 2. The molecule has 31 heavy (non-hydrogen) atoms. The molecule has 0 amide bonds. The van der Waals surface area contributed by atoms with Gasteiger partial charge in [-0.05, 0) is 86.4 Å². The lowest BCUT2D eigenvalue weighted by Crippen LogP contribution is -2.17. The first-order chi connectivity index (χ1) is 15.1. The van der Waals surface area contributed by atoms with Gasteiger partial charge in [-0.15, -0.1) is 0 Å². The number of rotatable bonds is 10. The Balaban J connectivity index is 1.49. The van der Waals surface area contributed by atoms with Crippen molar-refractivity contribution in [2.75, 3.05) is 0 Å². The number of hydrogen-bond acceptors (Lipinski definition) is 3. The van der Waals surface area contributed by atoms with Crippen LogP contribution in [0.3, 0.4) is 0 Å². The van der Waals surface area contributed by atoms with Crippen LogP contribution in [0.1, 0.15) is 87.1 Å². The van der Waals surface area contributed by atoms with Gasteiger partial charge in [0.25, 0.3) is 0 Å². The molecule has 0 bridgehead atoms. The largest absolute Gasteiger partial charge is 0.495 e. The SMILES string of the molecule is CCCCC[C@H]1CC[C@H](c2ccc(C(=O)Oc3ccc(OC(C)[SiH2]C)cc3)cc2)CC1. The fourth-order valence-corrected chi connectivity index (χ4v) is 4.79. The monoisotopic (exact) mass is 438 g/mol. The summed E-state index contributed by atoms with van der Waals surface area (Å²) >= 11 is 0. The average Bonchev–Trinajstić information content (AvgIpc) is 2.81. The van der Waals surface area contributed by atoms with Gasteiger partial charge in [0.1, 0.15) is 11.5 Å². The third-order valence-corrected chi connectivity index (χ3v) is 7.94. The fraction of sp³-hybridized carbons (Fsp3) is 0.519. The highest BCUT2D eigenvalue weighted by molar-refractivity contribution is 6.35. The maximum absolute atomic E-state index is 12.5. The third kappa shape index (κ3) is 7.24. The Morgan fingerprint density at radius 2 is 1.61 bits per heavy atom. The van der Waals surface area contributed by atoms with Crippen LogP contribution in [0, 0.1) is 5.92 Å². The van der Waals surface area contributed by atoms with Gasteiger partial charge in [-0.1, -0.05) is 51.3 Å². The molecule has 4 heteroatoms. The van der Waals surface area contributed by atoms with E-state index in [-0.39, 0.29) is 15.5 Å². The summed E-state index contributed by atoms with van der Waals surface area (Å²) in [5.41, 5.74) is 2.27. The van der Waals surface area contributed by atoms with Crippen molar-refractivity contribution in [3.63, 3.8) is 0 Å². The quantitative estimate of drug-likeness (QED) is 0.179. The van der Waals surface area contributed by atoms with Crippen LogP contribution in [0.15, 0.2) is 48.5 Å². The van der Waals surface area contributed by atoms with Gasteiger partial charge in [0, 0.05) is 0 Å². The highest BCUT2D eigenvalue weighted by atomic mass is 28.2. The molecule has 0 radical (unpaired) electrons. The number of esters is 1. The number of carbonyl (C=O) groups excluding carboxylic acids is 1. The number of ether oxygens (including phenoxy) is 2. The predicted octanol–water partition coefficient (Wildman–Crippen LogP) is 6.70. The van der Waals surface area contributed by atoms with Gasteiger partial charge in [-0.25, -0.2) is 4.79 Å². The molecule has 3 rings (SSSR count). The maximum Gasteiger partial charge on any atom is 0.343 e. The van der Waals surface area contributed by atoms with Crippen molar-refractivity contribution in [1.29, 1.82) is 0 Å². The molecule has 0 N–H and O–H groups in total. The van der Waals surface area contributed by atoms with Gasteiger partial charge in [-0.2, -0.15) is 0 Å². The number of unbranched alkanes of at least 4 members (excludes halogenated alkanes) is 2. The Bertz CT molecular complexity index is 792. The Hall–Kier alpha value is -2.07. The minimum atomic E-state index is -0.311. The Morgan fingerprint density at radius 1 is 0.968 bits per heavy atom. The average molecular weight is 439 g/mol. The van der Waals surface area contributed by atoms with Crippen LogP contribution >= 0.6 is 0 Å². The summed E-state index contributed by atoms with van der Waals surface area (Å²) in [5, 5.41) is 0. The molecule has 0 spiro atoms. The number of carbonyl (C=O) groups is 1. The fourth-order valence-electron chi connectivity index (χ4n) is 4.43. The van der Waals surface area contributed by atoms with Crippen LogP contribution in [0.25, 0.3) is 0 Å². The molecule has 1 atom stereocenters.